The molecular formula is C16H16NO4-. The Morgan fingerprint density at radius 1 is 1.05 bits per heavy atom. The third-order valence-corrected chi connectivity index (χ3v) is 3.96. The Hall–Kier alpha value is -2.14. The number of carbonyl (C=O) groups is 2. The van der Waals surface area contributed by atoms with Crippen LogP contribution in [0.5, 0.6) is 0 Å². The Bertz CT molecular complexity index is 617. The van der Waals surface area contributed by atoms with Gasteiger partial charge in [0.25, 0.3) is 0 Å². The van der Waals surface area contributed by atoms with Crippen molar-refractivity contribution < 1.29 is 19.4 Å². The minimum absolute atomic E-state index is 0.342. The molecule has 4 atom stereocenters. The highest BCUT2D eigenvalue weighted by Gasteiger charge is 2.50. The zero-order valence-corrected chi connectivity index (χ0v) is 11.8. The van der Waals surface area contributed by atoms with E-state index in [0.29, 0.717) is 5.69 Å². The molecule has 2 aliphatic heterocycles. The van der Waals surface area contributed by atoms with Crippen LogP contribution in [0.4, 0.5) is 5.69 Å². The van der Waals surface area contributed by atoms with Crippen LogP contribution in [-0.4, -0.2) is 24.1 Å². The number of anilines is 1. The molecule has 2 bridgehead atoms. The Kier molecular flexibility index (Phi) is 3.29. The normalized spacial score (nSPS) is 29.6. The first-order valence-corrected chi connectivity index (χ1v) is 6.89. The van der Waals surface area contributed by atoms with E-state index >= 15 is 0 Å². The van der Waals surface area contributed by atoms with Crippen molar-refractivity contribution in [3.8, 4) is 0 Å². The molecule has 2 heterocycles. The summed E-state index contributed by atoms with van der Waals surface area (Å²) in [6.07, 6.45) is 2.39. The zero-order chi connectivity index (χ0) is 15.1. The van der Waals surface area contributed by atoms with Gasteiger partial charge in [0.1, 0.15) is 0 Å². The lowest BCUT2D eigenvalue weighted by Gasteiger charge is -2.25. The number of rotatable bonds is 3. The average molecular weight is 286 g/mol. The molecule has 1 aromatic rings. The van der Waals surface area contributed by atoms with Crippen molar-refractivity contribution >= 4 is 17.6 Å². The van der Waals surface area contributed by atoms with Gasteiger partial charge in [-0.05, 0) is 37.1 Å². The van der Waals surface area contributed by atoms with Gasteiger partial charge in [-0.3, -0.25) is 4.79 Å². The summed E-state index contributed by atoms with van der Waals surface area (Å²) in [6.45, 7) is 3.88. The third kappa shape index (κ3) is 2.45. The molecule has 0 unspecified atom stereocenters. The molecule has 0 saturated carbocycles. The summed E-state index contributed by atoms with van der Waals surface area (Å²) in [5.74, 6) is -3.25. The highest BCUT2D eigenvalue weighted by molar-refractivity contribution is 5.96. The topological polar surface area (TPSA) is 78.5 Å². The molecule has 1 saturated heterocycles. The molecule has 110 valence electrons. The summed E-state index contributed by atoms with van der Waals surface area (Å²) in [6, 6.07) is 5.70. The van der Waals surface area contributed by atoms with E-state index in [4.69, 9.17) is 4.74 Å². The predicted molar refractivity (Wildman–Crippen MR) is 74.3 cm³/mol. The number of fused-ring (bicyclic) bond motifs is 2. The Balaban J connectivity index is 1.82. The van der Waals surface area contributed by atoms with Gasteiger partial charge in [-0.15, -0.1) is 0 Å². The summed E-state index contributed by atoms with van der Waals surface area (Å²) < 4.78 is 5.47. The number of ether oxygens (including phenoxy) is 1. The van der Waals surface area contributed by atoms with Crippen LogP contribution >= 0.6 is 0 Å². The van der Waals surface area contributed by atoms with Gasteiger partial charge in [0.2, 0.25) is 5.91 Å². The van der Waals surface area contributed by atoms with E-state index in [0.717, 1.165) is 11.1 Å². The smallest absolute Gasteiger partial charge is 0.231 e. The van der Waals surface area contributed by atoms with E-state index in [1.165, 1.54) is 0 Å². The lowest BCUT2D eigenvalue weighted by molar-refractivity contribution is -0.313. The molecular weight excluding hydrogens is 270 g/mol. The summed E-state index contributed by atoms with van der Waals surface area (Å²) in [5, 5.41) is 14.1. The van der Waals surface area contributed by atoms with Crippen LogP contribution < -0.4 is 10.4 Å². The first-order chi connectivity index (χ1) is 9.95. The molecule has 1 amide bonds. The molecule has 2 aliphatic rings. The largest absolute Gasteiger partial charge is 0.550 e. The van der Waals surface area contributed by atoms with Crippen LogP contribution in [0, 0.1) is 25.7 Å². The van der Waals surface area contributed by atoms with E-state index in [-0.39, 0.29) is 5.91 Å². The quantitative estimate of drug-likeness (QED) is 0.824. The highest BCUT2D eigenvalue weighted by Crippen LogP contribution is 2.39. The number of carbonyl (C=O) groups excluding carboxylic acids is 2. The summed E-state index contributed by atoms with van der Waals surface area (Å²) in [5.41, 5.74) is 2.73. The minimum Gasteiger partial charge on any atom is -0.550 e. The van der Waals surface area contributed by atoms with Crippen molar-refractivity contribution in [3.05, 3.63) is 41.5 Å². The van der Waals surface area contributed by atoms with Gasteiger partial charge in [-0.1, -0.05) is 18.2 Å². The van der Waals surface area contributed by atoms with Crippen LogP contribution in [0.2, 0.25) is 0 Å². The second kappa shape index (κ2) is 5.00. The maximum absolute atomic E-state index is 12.4. The number of benzene rings is 1. The van der Waals surface area contributed by atoms with Gasteiger partial charge in [0.15, 0.2) is 0 Å². The fourth-order valence-electron chi connectivity index (χ4n) is 3.17. The van der Waals surface area contributed by atoms with Crippen molar-refractivity contribution in [3.63, 3.8) is 0 Å². The molecule has 21 heavy (non-hydrogen) atoms. The van der Waals surface area contributed by atoms with Gasteiger partial charge < -0.3 is 20.0 Å². The number of nitrogens with one attached hydrogen (secondary N) is 1. The van der Waals surface area contributed by atoms with Crippen LogP contribution in [0.25, 0.3) is 0 Å². The second-order valence-electron chi connectivity index (χ2n) is 5.69. The van der Waals surface area contributed by atoms with Crippen LogP contribution in [0.15, 0.2) is 30.4 Å². The molecule has 0 aromatic heterocycles. The van der Waals surface area contributed by atoms with E-state index in [1.54, 1.807) is 12.2 Å². The van der Waals surface area contributed by atoms with Gasteiger partial charge in [0, 0.05) is 17.6 Å². The molecule has 0 spiro atoms. The van der Waals surface area contributed by atoms with Gasteiger partial charge in [0.05, 0.1) is 18.1 Å². The number of aryl methyl sites for hydroxylation is 2. The molecule has 1 N–H and O–H groups in total. The zero-order valence-electron chi connectivity index (χ0n) is 11.8. The molecule has 5 heteroatoms. The number of carboxylic acids is 1. The SMILES string of the molecule is Cc1cc(C)cc(NC(=O)[C@@H]2[C@@H](C(=O)[O-])[C@@H]3C=C[C@H]2O3)c1. The molecule has 1 fully saturated rings. The summed E-state index contributed by atoms with van der Waals surface area (Å²) in [4.78, 5) is 23.7. The molecule has 0 aliphatic carbocycles. The lowest BCUT2D eigenvalue weighted by atomic mass is 9.82. The van der Waals surface area contributed by atoms with E-state index in [9.17, 15) is 14.7 Å². The Morgan fingerprint density at radius 2 is 1.62 bits per heavy atom. The van der Waals surface area contributed by atoms with Crippen LogP contribution in [0.1, 0.15) is 11.1 Å². The van der Waals surface area contributed by atoms with E-state index in [1.807, 2.05) is 32.0 Å². The number of hydrogen-bond donors (Lipinski definition) is 1. The number of carboxylic acid groups (broad SMARTS) is 1. The highest BCUT2D eigenvalue weighted by atomic mass is 16.5. The fourth-order valence-corrected chi connectivity index (χ4v) is 3.17. The lowest BCUT2D eigenvalue weighted by Crippen LogP contribution is -2.45. The van der Waals surface area contributed by atoms with Gasteiger partial charge >= 0.3 is 0 Å². The Labute approximate surface area is 122 Å². The number of aliphatic carboxylic acids is 1. The molecule has 5 nitrogen and oxygen atoms in total. The standard InChI is InChI=1S/C16H17NO4/c1-8-5-9(2)7-10(6-8)17-15(18)13-11-3-4-12(21-11)14(13)16(19)20/h3-7,11-14H,1-2H3,(H,17,18)(H,19,20)/p-1/t11-,12+,13+,14+/m1/s1. The number of hydrogen-bond acceptors (Lipinski definition) is 4. The first kappa shape index (κ1) is 13.8. The minimum atomic E-state index is -1.24. The molecule has 3 rings (SSSR count). The van der Waals surface area contributed by atoms with Crippen LogP contribution in [-0.2, 0) is 14.3 Å². The van der Waals surface area contributed by atoms with Crippen LogP contribution in [0.3, 0.4) is 0 Å². The predicted octanol–water partition coefficient (Wildman–Crippen LogP) is 0.561. The van der Waals surface area contributed by atoms with Crippen molar-refractivity contribution in [2.45, 2.75) is 26.1 Å². The number of amides is 1. The van der Waals surface area contributed by atoms with Gasteiger partial charge in [-0.25, -0.2) is 0 Å². The maximum Gasteiger partial charge on any atom is 0.231 e. The van der Waals surface area contributed by atoms with Gasteiger partial charge in [-0.2, -0.15) is 0 Å². The monoisotopic (exact) mass is 286 g/mol. The third-order valence-electron chi connectivity index (χ3n) is 3.96. The molecule has 1 aromatic carbocycles. The van der Waals surface area contributed by atoms with E-state index in [2.05, 4.69) is 5.32 Å². The Morgan fingerprint density at radius 3 is 2.19 bits per heavy atom. The van der Waals surface area contributed by atoms with Crippen molar-refractivity contribution in [1.29, 1.82) is 0 Å². The average Bonchev–Trinajstić information content (AvgIpc) is 2.96. The van der Waals surface area contributed by atoms with Crippen molar-refractivity contribution in [2.24, 2.45) is 11.8 Å². The summed E-state index contributed by atoms with van der Waals surface area (Å²) >= 11 is 0. The fraction of sp³-hybridized carbons (Fsp3) is 0.375. The summed E-state index contributed by atoms with van der Waals surface area (Å²) in [7, 11) is 0. The van der Waals surface area contributed by atoms with E-state index < -0.39 is 30.0 Å². The van der Waals surface area contributed by atoms with Crippen molar-refractivity contribution in [1.82, 2.24) is 0 Å². The maximum atomic E-state index is 12.4. The second-order valence-corrected chi connectivity index (χ2v) is 5.69. The van der Waals surface area contributed by atoms with Crippen molar-refractivity contribution in [2.75, 3.05) is 5.32 Å². The molecule has 0 radical (unpaired) electrons. The first-order valence-electron chi connectivity index (χ1n) is 6.89.